The van der Waals surface area contributed by atoms with E-state index in [-0.39, 0.29) is 11.9 Å². The quantitative estimate of drug-likeness (QED) is 0.780. The molecule has 1 amide bonds. The van der Waals surface area contributed by atoms with Crippen LogP contribution in [-0.4, -0.2) is 56.9 Å². The number of halogens is 3. The van der Waals surface area contributed by atoms with E-state index in [4.69, 9.17) is 0 Å². The van der Waals surface area contributed by atoms with Gasteiger partial charge < -0.3 is 4.90 Å². The Bertz CT molecular complexity index is 852. The van der Waals surface area contributed by atoms with Crippen LogP contribution < -0.4 is 0 Å². The van der Waals surface area contributed by atoms with E-state index in [0.29, 0.717) is 17.8 Å². The number of amides is 1. The predicted octanol–water partition coefficient (Wildman–Crippen LogP) is 3.37. The van der Waals surface area contributed by atoms with E-state index in [1.165, 1.54) is 12.1 Å². The van der Waals surface area contributed by atoms with Crippen LogP contribution in [0.5, 0.6) is 0 Å². The van der Waals surface area contributed by atoms with Crippen LogP contribution in [0.3, 0.4) is 0 Å². The molecule has 0 atom stereocenters. The van der Waals surface area contributed by atoms with Gasteiger partial charge in [-0.25, -0.2) is 4.68 Å². The monoisotopic (exact) mass is 407 g/mol. The van der Waals surface area contributed by atoms with E-state index >= 15 is 0 Å². The molecule has 1 aromatic heterocycles. The molecular formula is C20H24F3N5O. The summed E-state index contributed by atoms with van der Waals surface area (Å²) in [5, 5.41) is 8.21. The maximum absolute atomic E-state index is 12.9. The summed E-state index contributed by atoms with van der Waals surface area (Å²) < 4.78 is 40.4. The van der Waals surface area contributed by atoms with Gasteiger partial charge in [0.05, 0.1) is 17.8 Å². The first-order valence-corrected chi connectivity index (χ1v) is 10.00. The van der Waals surface area contributed by atoms with Crippen molar-refractivity contribution < 1.29 is 18.0 Å². The Labute approximate surface area is 167 Å². The predicted molar refractivity (Wildman–Crippen MR) is 100 cm³/mol. The number of carbonyl (C=O) groups is 1. The Kier molecular flexibility index (Phi) is 5.58. The summed E-state index contributed by atoms with van der Waals surface area (Å²) in [7, 11) is 0. The SMILES string of the molecule is O=C(c1cn(C2CCN(Cc3cccc(C(F)(F)F)c3)CC2)nn1)N1CCCC1. The molecular weight excluding hydrogens is 383 g/mol. The molecule has 0 spiro atoms. The highest BCUT2D eigenvalue weighted by molar-refractivity contribution is 5.92. The lowest BCUT2D eigenvalue weighted by Crippen LogP contribution is -2.34. The van der Waals surface area contributed by atoms with Crippen LogP contribution in [0.25, 0.3) is 0 Å². The van der Waals surface area contributed by atoms with Gasteiger partial charge in [-0.2, -0.15) is 13.2 Å². The lowest BCUT2D eigenvalue weighted by Gasteiger charge is -2.31. The van der Waals surface area contributed by atoms with Gasteiger partial charge in [-0.3, -0.25) is 9.69 Å². The number of benzene rings is 1. The summed E-state index contributed by atoms with van der Waals surface area (Å²) in [5.41, 5.74) is 0.443. The van der Waals surface area contributed by atoms with Crippen molar-refractivity contribution in [3.05, 3.63) is 47.3 Å². The zero-order valence-electron chi connectivity index (χ0n) is 16.1. The number of carbonyl (C=O) groups excluding carboxylic acids is 1. The van der Waals surface area contributed by atoms with Crippen LogP contribution in [0.2, 0.25) is 0 Å². The fraction of sp³-hybridized carbons (Fsp3) is 0.550. The van der Waals surface area contributed by atoms with Crippen molar-refractivity contribution in [2.75, 3.05) is 26.2 Å². The first-order chi connectivity index (χ1) is 13.9. The van der Waals surface area contributed by atoms with Gasteiger partial charge in [-0.15, -0.1) is 5.10 Å². The van der Waals surface area contributed by atoms with Crippen LogP contribution >= 0.6 is 0 Å². The fourth-order valence-corrected chi connectivity index (χ4v) is 4.08. The number of aromatic nitrogens is 3. The van der Waals surface area contributed by atoms with E-state index in [0.717, 1.165) is 57.9 Å². The Hall–Kier alpha value is -2.42. The standard InChI is InChI=1S/C20H24F3N5O/c21-20(22,23)16-5-3-4-15(12-16)13-26-10-6-17(7-11-26)28-14-18(24-25-28)19(29)27-8-1-2-9-27/h3-5,12,14,17H,1-2,6-11,13H2. The van der Waals surface area contributed by atoms with Crippen molar-refractivity contribution in [3.8, 4) is 0 Å². The number of rotatable bonds is 4. The van der Waals surface area contributed by atoms with E-state index in [9.17, 15) is 18.0 Å². The second kappa shape index (κ2) is 8.14. The first kappa shape index (κ1) is 19.9. The summed E-state index contributed by atoms with van der Waals surface area (Å²) in [6.07, 6.45) is 1.11. The molecule has 0 aliphatic carbocycles. The molecule has 2 saturated heterocycles. The topological polar surface area (TPSA) is 54.3 Å². The van der Waals surface area contributed by atoms with Gasteiger partial charge in [-0.1, -0.05) is 23.4 Å². The molecule has 9 heteroatoms. The van der Waals surface area contributed by atoms with Crippen molar-refractivity contribution in [1.29, 1.82) is 0 Å². The highest BCUT2D eigenvalue weighted by Crippen LogP contribution is 2.30. The van der Waals surface area contributed by atoms with Gasteiger partial charge in [0.25, 0.3) is 5.91 Å². The fourth-order valence-electron chi connectivity index (χ4n) is 4.08. The van der Waals surface area contributed by atoms with Crippen LogP contribution in [0.4, 0.5) is 13.2 Å². The van der Waals surface area contributed by atoms with Crippen molar-refractivity contribution in [2.24, 2.45) is 0 Å². The number of hydrogen-bond donors (Lipinski definition) is 0. The van der Waals surface area contributed by atoms with Crippen LogP contribution in [-0.2, 0) is 12.7 Å². The highest BCUT2D eigenvalue weighted by Gasteiger charge is 2.31. The smallest absolute Gasteiger partial charge is 0.337 e. The Balaban J connectivity index is 1.32. The minimum atomic E-state index is -4.32. The normalized spacial score (nSPS) is 19.1. The molecule has 0 bridgehead atoms. The van der Waals surface area contributed by atoms with Gasteiger partial charge in [0.2, 0.25) is 0 Å². The van der Waals surface area contributed by atoms with Crippen LogP contribution in [0, 0.1) is 0 Å². The maximum atomic E-state index is 12.9. The third-order valence-electron chi connectivity index (χ3n) is 5.71. The van der Waals surface area contributed by atoms with Gasteiger partial charge in [0, 0.05) is 32.7 Å². The molecule has 0 unspecified atom stereocenters. The maximum Gasteiger partial charge on any atom is 0.416 e. The average molecular weight is 407 g/mol. The molecule has 0 N–H and O–H groups in total. The van der Waals surface area contributed by atoms with Gasteiger partial charge >= 0.3 is 6.18 Å². The van der Waals surface area contributed by atoms with E-state index in [2.05, 4.69) is 15.2 Å². The minimum Gasteiger partial charge on any atom is -0.337 e. The Morgan fingerprint density at radius 1 is 1.10 bits per heavy atom. The third kappa shape index (κ3) is 4.60. The number of hydrogen-bond acceptors (Lipinski definition) is 4. The van der Waals surface area contributed by atoms with Crippen molar-refractivity contribution >= 4 is 5.91 Å². The van der Waals surface area contributed by atoms with Gasteiger partial charge in [0.15, 0.2) is 5.69 Å². The molecule has 1 aromatic carbocycles. The molecule has 3 heterocycles. The van der Waals surface area contributed by atoms with Gasteiger partial charge in [0.1, 0.15) is 0 Å². The summed E-state index contributed by atoms with van der Waals surface area (Å²) in [5.74, 6) is -0.0595. The van der Waals surface area contributed by atoms with E-state index in [1.54, 1.807) is 16.9 Å². The Morgan fingerprint density at radius 3 is 2.52 bits per heavy atom. The summed E-state index contributed by atoms with van der Waals surface area (Å²) in [6, 6.07) is 5.66. The molecule has 156 valence electrons. The molecule has 2 fully saturated rings. The van der Waals surface area contributed by atoms with Gasteiger partial charge in [-0.05, 0) is 37.3 Å². The average Bonchev–Trinajstić information content (AvgIpc) is 3.40. The third-order valence-corrected chi connectivity index (χ3v) is 5.71. The molecule has 0 radical (unpaired) electrons. The first-order valence-electron chi connectivity index (χ1n) is 10.00. The summed E-state index contributed by atoms with van der Waals surface area (Å²) in [4.78, 5) is 16.4. The Morgan fingerprint density at radius 2 is 1.83 bits per heavy atom. The zero-order chi connectivity index (χ0) is 20.4. The van der Waals surface area contributed by atoms with E-state index < -0.39 is 11.7 Å². The lowest BCUT2D eigenvalue weighted by atomic mass is 10.0. The molecule has 29 heavy (non-hydrogen) atoms. The highest BCUT2D eigenvalue weighted by atomic mass is 19.4. The van der Waals surface area contributed by atoms with Crippen LogP contribution in [0.1, 0.15) is 53.3 Å². The number of likely N-dealkylation sites (tertiary alicyclic amines) is 2. The molecule has 4 rings (SSSR count). The number of alkyl halides is 3. The summed E-state index contributed by atoms with van der Waals surface area (Å²) >= 11 is 0. The van der Waals surface area contributed by atoms with Crippen molar-refractivity contribution in [2.45, 2.75) is 44.4 Å². The number of nitrogens with zero attached hydrogens (tertiary/aromatic N) is 5. The minimum absolute atomic E-state index is 0.0595. The second-order valence-electron chi connectivity index (χ2n) is 7.79. The number of piperidine rings is 1. The second-order valence-corrected chi connectivity index (χ2v) is 7.79. The largest absolute Gasteiger partial charge is 0.416 e. The van der Waals surface area contributed by atoms with E-state index in [1.807, 2.05) is 4.90 Å². The van der Waals surface area contributed by atoms with Crippen molar-refractivity contribution in [1.82, 2.24) is 24.8 Å². The molecule has 2 aliphatic rings. The molecule has 2 aromatic rings. The lowest BCUT2D eigenvalue weighted by molar-refractivity contribution is -0.137. The van der Waals surface area contributed by atoms with Crippen molar-refractivity contribution in [3.63, 3.8) is 0 Å². The summed E-state index contributed by atoms with van der Waals surface area (Å²) in [6.45, 7) is 3.57. The zero-order valence-corrected chi connectivity index (χ0v) is 16.1. The molecule has 0 saturated carbocycles. The van der Waals surface area contributed by atoms with Crippen LogP contribution in [0.15, 0.2) is 30.5 Å². The molecule has 2 aliphatic heterocycles. The molecule has 6 nitrogen and oxygen atoms in total.